The highest BCUT2D eigenvalue weighted by Gasteiger charge is 2.28. The molecule has 64 valence electrons. The van der Waals surface area contributed by atoms with E-state index < -0.39 is 0 Å². The molecule has 0 radical (unpaired) electrons. The highest BCUT2D eigenvalue weighted by molar-refractivity contribution is 14.1. The maximum Gasteiger partial charge on any atom is 0.0165 e. The Morgan fingerprint density at radius 1 is 1.25 bits per heavy atom. The molecule has 0 spiro atoms. The molecule has 1 aromatic rings. The molecule has 0 aromatic heterocycles. The molecule has 2 heteroatoms. The Kier molecular flexibility index (Phi) is 2.37. The molecule has 1 fully saturated rings. The quantitative estimate of drug-likeness (QED) is 0.782. The number of hydrogen-bond acceptors (Lipinski definition) is 1. The minimum atomic E-state index is 0.450. The van der Waals surface area contributed by atoms with Crippen molar-refractivity contribution in [3.63, 3.8) is 0 Å². The van der Waals surface area contributed by atoms with Gasteiger partial charge in [0.1, 0.15) is 0 Å². The molecule has 0 heterocycles. The van der Waals surface area contributed by atoms with Gasteiger partial charge in [0.15, 0.2) is 0 Å². The molecule has 0 amide bonds. The van der Waals surface area contributed by atoms with E-state index in [1.54, 1.807) is 0 Å². The van der Waals surface area contributed by atoms with Crippen LogP contribution < -0.4 is 5.73 Å². The van der Waals surface area contributed by atoms with E-state index in [0.717, 1.165) is 5.92 Å². The lowest BCUT2D eigenvalue weighted by Gasteiger charge is -2.33. The van der Waals surface area contributed by atoms with Gasteiger partial charge in [-0.05, 0) is 53.0 Å². The van der Waals surface area contributed by atoms with Crippen molar-refractivity contribution >= 4 is 22.6 Å². The fourth-order valence-corrected chi connectivity index (χ4v) is 2.55. The third kappa shape index (κ3) is 1.50. The average molecular weight is 273 g/mol. The summed E-state index contributed by atoms with van der Waals surface area (Å²) in [5.74, 6) is 0.730. The molecule has 0 unspecified atom stereocenters. The second kappa shape index (κ2) is 3.34. The summed E-state index contributed by atoms with van der Waals surface area (Å²) in [7, 11) is 0. The van der Waals surface area contributed by atoms with Crippen LogP contribution in [0.25, 0.3) is 0 Å². The largest absolute Gasteiger partial charge is 0.328 e. The third-order valence-electron chi connectivity index (χ3n) is 2.52. The summed E-state index contributed by atoms with van der Waals surface area (Å²) in [6.07, 6.45) is 2.33. The van der Waals surface area contributed by atoms with Crippen LogP contribution in [0.5, 0.6) is 0 Å². The third-order valence-corrected chi connectivity index (χ3v) is 3.50. The lowest BCUT2D eigenvalue weighted by atomic mass is 9.76. The first kappa shape index (κ1) is 8.51. The van der Waals surface area contributed by atoms with Gasteiger partial charge in [-0.25, -0.2) is 0 Å². The van der Waals surface area contributed by atoms with Crippen LogP contribution in [0.3, 0.4) is 0 Å². The molecule has 1 aliphatic carbocycles. The van der Waals surface area contributed by atoms with Gasteiger partial charge in [-0.1, -0.05) is 18.2 Å². The molecule has 1 nitrogen and oxygen atoms in total. The van der Waals surface area contributed by atoms with Crippen LogP contribution in [0, 0.1) is 3.57 Å². The Labute approximate surface area is 86.5 Å². The zero-order valence-electron chi connectivity index (χ0n) is 6.83. The number of hydrogen-bond donors (Lipinski definition) is 1. The molecule has 0 bridgehead atoms. The molecule has 1 aromatic carbocycles. The smallest absolute Gasteiger partial charge is 0.0165 e. The highest BCUT2D eigenvalue weighted by atomic mass is 127. The number of nitrogens with two attached hydrogens (primary N) is 1. The summed E-state index contributed by atoms with van der Waals surface area (Å²) >= 11 is 2.40. The highest BCUT2D eigenvalue weighted by Crippen LogP contribution is 2.37. The van der Waals surface area contributed by atoms with Gasteiger partial charge in [0.25, 0.3) is 0 Å². The molecule has 1 aliphatic rings. The van der Waals surface area contributed by atoms with Crippen LogP contribution in [0.4, 0.5) is 0 Å². The predicted octanol–water partition coefficient (Wildman–Crippen LogP) is 2.50. The van der Waals surface area contributed by atoms with Gasteiger partial charge in [0.05, 0.1) is 0 Å². The van der Waals surface area contributed by atoms with Crippen LogP contribution in [-0.4, -0.2) is 6.04 Å². The van der Waals surface area contributed by atoms with Crippen molar-refractivity contribution in [3.05, 3.63) is 33.4 Å². The van der Waals surface area contributed by atoms with Crippen LogP contribution >= 0.6 is 22.6 Å². The predicted molar refractivity (Wildman–Crippen MR) is 59.1 cm³/mol. The van der Waals surface area contributed by atoms with Crippen molar-refractivity contribution in [2.45, 2.75) is 24.8 Å². The summed E-state index contributed by atoms with van der Waals surface area (Å²) in [5, 5.41) is 0. The Hall–Kier alpha value is -0.0900. The molecule has 0 aliphatic heterocycles. The SMILES string of the molecule is NC1CC(c2ccccc2I)C1. The Morgan fingerprint density at radius 2 is 1.92 bits per heavy atom. The Balaban J connectivity index is 2.18. The molecular formula is C10H12IN. The van der Waals surface area contributed by atoms with Gasteiger partial charge < -0.3 is 5.73 Å². The minimum absolute atomic E-state index is 0.450. The number of benzene rings is 1. The fourth-order valence-electron chi connectivity index (χ4n) is 1.72. The summed E-state index contributed by atoms with van der Waals surface area (Å²) in [6, 6.07) is 9.04. The van der Waals surface area contributed by atoms with E-state index in [4.69, 9.17) is 5.73 Å². The Bertz CT molecular complexity index is 279. The van der Waals surface area contributed by atoms with E-state index >= 15 is 0 Å². The number of rotatable bonds is 1. The normalized spacial score (nSPS) is 28.2. The summed E-state index contributed by atoms with van der Waals surface area (Å²) in [6.45, 7) is 0. The molecule has 0 saturated heterocycles. The van der Waals surface area contributed by atoms with Crippen LogP contribution in [-0.2, 0) is 0 Å². The first-order valence-corrected chi connectivity index (χ1v) is 5.35. The van der Waals surface area contributed by atoms with Crippen molar-refractivity contribution in [1.82, 2.24) is 0 Å². The topological polar surface area (TPSA) is 26.0 Å². The van der Waals surface area contributed by atoms with Gasteiger partial charge in [-0.15, -0.1) is 0 Å². The van der Waals surface area contributed by atoms with Crippen LogP contribution in [0.1, 0.15) is 24.3 Å². The maximum atomic E-state index is 5.75. The van der Waals surface area contributed by atoms with E-state index in [1.165, 1.54) is 22.0 Å². The van der Waals surface area contributed by atoms with E-state index in [-0.39, 0.29) is 0 Å². The molecular weight excluding hydrogens is 261 g/mol. The lowest BCUT2D eigenvalue weighted by molar-refractivity contribution is 0.350. The van der Waals surface area contributed by atoms with Crippen LogP contribution in [0.15, 0.2) is 24.3 Å². The lowest BCUT2D eigenvalue weighted by Crippen LogP contribution is -2.35. The van der Waals surface area contributed by atoms with Crippen LogP contribution in [0.2, 0.25) is 0 Å². The van der Waals surface area contributed by atoms with E-state index in [0.29, 0.717) is 6.04 Å². The van der Waals surface area contributed by atoms with Gasteiger partial charge in [0.2, 0.25) is 0 Å². The molecule has 0 atom stereocenters. The van der Waals surface area contributed by atoms with E-state index in [2.05, 4.69) is 46.9 Å². The molecule has 1 saturated carbocycles. The Morgan fingerprint density at radius 3 is 2.50 bits per heavy atom. The van der Waals surface area contributed by atoms with Crippen molar-refractivity contribution in [1.29, 1.82) is 0 Å². The second-order valence-corrected chi connectivity index (χ2v) is 4.61. The van der Waals surface area contributed by atoms with Gasteiger partial charge in [-0.2, -0.15) is 0 Å². The standard InChI is InChI=1S/C10H12IN/c11-10-4-2-1-3-9(10)7-5-8(12)6-7/h1-4,7-8H,5-6,12H2. The fraction of sp³-hybridized carbons (Fsp3) is 0.400. The van der Waals surface area contributed by atoms with Crippen molar-refractivity contribution in [3.8, 4) is 0 Å². The monoisotopic (exact) mass is 273 g/mol. The first-order chi connectivity index (χ1) is 5.77. The van der Waals surface area contributed by atoms with E-state index in [9.17, 15) is 0 Å². The molecule has 12 heavy (non-hydrogen) atoms. The van der Waals surface area contributed by atoms with E-state index in [1.807, 2.05) is 0 Å². The van der Waals surface area contributed by atoms with Crippen molar-refractivity contribution in [2.24, 2.45) is 5.73 Å². The van der Waals surface area contributed by atoms with Gasteiger partial charge in [0, 0.05) is 9.61 Å². The van der Waals surface area contributed by atoms with Crippen molar-refractivity contribution < 1.29 is 0 Å². The van der Waals surface area contributed by atoms with Gasteiger partial charge >= 0.3 is 0 Å². The zero-order chi connectivity index (χ0) is 8.55. The number of halogens is 1. The molecule has 2 rings (SSSR count). The minimum Gasteiger partial charge on any atom is -0.328 e. The van der Waals surface area contributed by atoms with Gasteiger partial charge in [-0.3, -0.25) is 0 Å². The summed E-state index contributed by atoms with van der Waals surface area (Å²) in [5.41, 5.74) is 7.24. The average Bonchev–Trinajstić information content (AvgIpc) is 2.01. The zero-order valence-corrected chi connectivity index (χ0v) is 8.99. The summed E-state index contributed by atoms with van der Waals surface area (Å²) in [4.78, 5) is 0. The first-order valence-electron chi connectivity index (χ1n) is 4.27. The second-order valence-electron chi connectivity index (χ2n) is 3.45. The maximum absolute atomic E-state index is 5.75. The molecule has 2 N–H and O–H groups in total. The van der Waals surface area contributed by atoms with Crippen molar-refractivity contribution in [2.75, 3.05) is 0 Å². The summed E-state index contributed by atoms with van der Waals surface area (Å²) < 4.78 is 1.38.